The molecule has 22 heavy (non-hydrogen) atoms. The third kappa shape index (κ3) is 1.71. The maximum Gasteiger partial charge on any atom is 0.145 e. The van der Waals surface area contributed by atoms with Crippen molar-refractivity contribution in [3.63, 3.8) is 0 Å². The molecule has 4 rings (SSSR count). The summed E-state index contributed by atoms with van der Waals surface area (Å²) in [6.45, 7) is 8.04. The summed E-state index contributed by atoms with van der Waals surface area (Å²) in [7, 11) is 0. The second-order valence-corrected chi connectivity index (χ2v) is 5.65. The minimum absolute atomic E-state index is 0.703. The molecule has 0 aliphatic rings. The van der Waals surface area contributed by atoms with E-state index in [-0.39, 0.29) is 0 Å². The number of allylic oxidation sites excluding steroid dienone is 1. The van der Waals surface area contributed by atoms with Gasteiger partial charge in [-0.2, -0.15) is 0 Å². The van der Waals surface area contributed by atoms with Crippen molar-refractivity contribution >= 4 is 51.8 Å². The number of hydrogen-bond acceptors (Lipinski definition) is 1. The van der Waals surface area contributed by atoms with E-state index in [1.165, 1.54) is 0 Å². The van der Waals surface area contributed by atoms with Crippen LogP contribution in [0.1, 0.15) is 0 Å². The zero-order valence-corrected chi connectivity index (χ0v) is 12.6. The minimum Gasteiger partial charge on any atom is -0.292 e. The van der Waals surface area contributed by atoms with Gasteiger partial charge in [0, 0.05) is 15.6 Å². The molecule has 0 saturated heterocycles. The summed E-state index contributed by atoms with van der Waals surface area (Å²) in [6.07, 6.45) is 3.73. The molecule has 0 aliphatic carbocycles. The van der Waals surface area contributed by atoms with Gasteiger partial charge in [-0.05, 0) is 35.6 Å². The Morgan fingerprint density at radius 3 is 2.73 bits per heavy atom. The lowest BCUT2D eigenvalue weighted by molar-refractivity contribution is 1.27. The molecule has 2 aromatic carbocycles. The van der Waals surface area contributed by atoms with E-state index >= 15 is 0 Å². The zero-order chi connectivity index (χ0) is 15.3. The average Bonchev–Trinajstić information content (AvgIpc) is 2.91. The van der Waals surface area contributed by atoms with Crippen LogP contribution in [0.15, 0.2) is 55.1 Å². The maximum absolute atomic E-state index is 6.20. The maximum atomic E-state index is 6.20. The summed E-state index contributed by atoms with van der Waals surface area (Å²) >= 11 is 6.20. The fourth-order valence-electron chi connectivity index (χ4n) is 2.98. The topological polar surface area (TPSA) is 17.3 Å². The van der Waals surface area contributed by atoms with Crippen LogP contribution in [-0.4, -0.2) is 9.38 Å². The number of rotatable bonds is 1. The number of nitrogens with zero attached hydrogens (tertiary/aromatic N) is 2. The van der Waals surface area contributed by atoms with Gasteiger partial charge in [0.1, 0.15) is 5.65 Å². The number of pyridine rings is 1. The fourth-order valence-corrected chi connectivity index (χ4v) is 3.15. The van der Waals surface area contributed by atoms with E-state index in [1.54, 1.807) is 6.08 Å². The number of fused-ring (bicyclic) bond motifs is 5. The average molecular weight is 305 g/mol. The van der Waals surface area contributed by atoms with E-state index in [9.17, 15) is 0 Å². The molecule has 4 aromatic rings. The summed E-state index contributed by atoms with van der Waals surface area (Å²) in [5.41, 5.74) is 3.96. The monoisotopic (exact) mass is 304 g/mol. The van der Waals surface area contributed by atoms with Crippen LogP contribution < -0.4 is 10.4 Å². The molecule has 2 aromatic heterocycles. The lowest BCUT2D eigenvalue weighted by Crippen LogP contribution is -2.27. The molecule has 0 N–H and O–H groups in total. The third-order valence-corrected chi connectivity index (χ3v) is 4.17. The number of halogens is 1. The Hall–Kier alpha value is -2.58. The van der Waals surface area contributed by atoms with Crippen molar-refractivity contribution in [3.05, 3.63) is 70.6 Å². The molecule has 0 fully saturated rings. The summed E-state index contributed by atoms with van der Waals surface area (Å²) < 4.78 is 2.14. The Bertz CT molecular complexity index is 1170. The first-order valence-corrected chi connectivity index (χ1v) is 7.38. The van der Waals surface area contributed by atoms with Crippen molar-refractivity contribution in [2.45, 2.75) is 0 Å². The SMILES string of the molecule is C=C/C=c1\c(=C)c2nc3ccccc3n2c2ccc(Cl)cc12. The van der Waals surface area contributed by atoms with Gasteiger partial charge < -0.3 is 0 Å². The van der Waals surface area contributed by atoms with Gasteiger partial charge in [0.25, 0.3) is 0 Å². The third-order valence-electron chi connectivity index (χ3n) is 3.93. The van der Waals surface area contributed by atoms with Gasteiger partial charge >= 0.3 is 0 Å². The highest BCUT2D eigenvalue weighted by Gasteiger charge is 2.10. The summed E-state index contributed by atoms with van der Waals surface area (Å²) in [6, 6.07) is 14.0. The van der Waals surface area contributed by atoms with Crippen molar-refractivity contribution in [1.29, 1.82) is 0 Å². The van der Waals surface area contributed by atoms with E-state index in [0.717, 1.165) is 38.0 Å². The number of hydrogen-bond donors (Lipinski definition) is 0. The molecular formula is C19H13ClN2. The highest BCUT2D eigenvalue weighted by Crippen LogP contribution is 2.21. The highest BCUT2D eigenvalue weighted by molar-refractivity contribution is 6.31. The zero-order valence-electron chi connectivity index (χ0n) is 11.9. The minimum atomic E-state index is 0.703. The molecule has 0 saturated carbocycles. The number of aromatic nitrogens is 2. The van der Waals surface area contributed by atoms with Gasteiger partial charge in [0.05, 0.1) is 16.6 Å². The van der Waals surface area contributed by atoms with Crippen LogP contribution in [0.2, 0.25) is 5.02 Å². The summed E-state index contributed by atoms with van der Waals surface area (Å²) in [4.78, 5) is 4.74. The molecule has 2 heterocycles. The van der Waals surface area contributed by atoms with Crippen LogP contribution in [0.3, 0.4) is 0 Å². The Morgan fingerprint density at radius 2 is 1.91 bits per heavy atom. The van der Waals surface area contributed by atoms with Crippen LogP contribution in [-0.2, 0) is 0 Å². The molecule has 0 radical (unpaired) electrons. The Balaban J connectivity index is 2.45. The smallest absolute Gasteiger partial charge is 0.145 e. The molecule has 0 unspecified atom stereocenters. The Labute approximate surface area is 132 Å². The van der Waals surface area contributed by atoms with Gasteiger partial charge in [0.15, 0.2) is 0 Å². The second-order valence-electron chi connectivity index (χ2n) is 5.22. The first-order chi connectivity index (χ1) is 10.7. The van der Waals surface area contributed by atoms with Gasteiger partial charge in [-0.25, -0.2) is 4.98 Å². The van der Waals surface area contributed by atoms with E-state index in [4.69, 9.17) is 16.6 Å². The van der Waals surface area contributed by atoms with Crippen molar-refractivity contribution in [2.75, 3.05) is 0 Å². The Kier molecular flexibility index (Phi) is 2.81. The van der Waals surface area contributed by atoms with Crippen LogP contribution in [0.4, 0.5) is 0 Å². The van der Waals surface area contributed by atoms with Gasteiger partial charge in [-0.1, -0.05) is 49.0 Å². The second kappa shape index (κ2) is 4.72. The van der Waals surface area contributed by atoms with E-state index < -0.39 is 0 Å². The molecule has 0 spiro atoms. The van der Waals surface area contributed by atoms with Crippen LogP contribution in [0.25, 0.3) is 40.2 Å². The molecule has 3 heteroatoms. The Morgan fingerprint density at radius 1 is 1.09 bits per heavy atom. The predicted molar refractivity (Wildman–Crippen MR) is 94.6 cm³/mol. The molecule has 0 amide bonds. The summed E-state index contributed by atoms with van der Waals surface area (Å²) in [5.74, 6) is 0. The van der Waals surface area contributed by atoms with E-state index in [2.05, 4.69) is 23.6 Å². The molecular weight excluding hydrogens is 292 g/mol. The summed E-state index contributed by atoms with van der Waals surface area (Å²) in [5, 5.41) is 3.64. The van der Waals surface area contributed by atoms with Gasteiger partial charge in [-0.3, -0.25) is 4.40 Å². The van der Waals surface area contributed by atoms with E-state index in [0.29, 0.717) is 5.02 Å². The quantitative estimate of drug-likeness (QED) is 0.524. The molecule has 2 nitrogen and oxygen atoms in total. The number of imidazole rings is 1. The van der Waals surface area contributed by atoms with Crippen LogP contribution >= 0.6 is 11.6 Å². The highest BCUT2D eigenvalue weighted by atomic mass is 35.5. The molecule has 0 bridgehead atoms. The molecule has 0 aliphatic heterocycles. The molecule has 0 atom stereocenters. The van der Waals surface area contributed by atoms with Gasteiger partial charge in [0.2, 0.25) is 0 Å². The standard InChI is InChI=1S/C19H13ClN2/c1-3-6-14-12(2)19-21-16-7-4-5-8-18(16)22(19)17-10-9-13(20)11-15(14)17/h3-11H,1-2H2/b14-6+. The number of benzene rings is 2. The van der Waals surface area contributed by atoms with Crippen molar-refractivity contribution in [3.8, 4) is 0 Å². The van der Waals surface area contributed by atoms with Crippen LogP contribution in [0.5, 0.6) is 0 Å². The van der Waals surface area contributed by atoms with Crippen molar-refractivity contribution in [2.24, 2.45) is 0 Å². The largest absolute Gasteiger partial charge is 0.292 e. The fraction of sp³-hybridized carbons (Fsp3) is 0. The lowest BCUT2D eigenvalue weighted by Gasteiger charge is -2.06. The van der Waals surface area contributed by atoms with Gasteiger partial charge in [-0.15, -0.1) is 0 Å². The van der Waals surface area contributed by atoms with Crippen molar-refractivity contribution < 1.29 is 0 Å². The first kappa shape index (κ1) is 13.1. The lowest BCUT2D eigenvalue weighted by atomic mass is 10.1. The van der Waals surface area contributed by atoms with E-state index in [1.807, 2.05) is 42.5 Å². The van der Waals surface area contributed by atoms with Crippen LogP contribution in [0, 0.1) is 0 Å². The normalized spacial score (nSPS) is 12.5. The first-order valence-electron chi connectivity index (χ1n) is 7.01. The number of para-hydroxylation sites is 2. The van der Waals surface area contributed by atoms with Crippen molar-refractivity contribution in [1.82, 2.24) is 9.38 Å². The molecule has 106 valence electrons. The predicted octanol–water partition coefficient (Wildman–Crippen LogP) is 3.67.